The molecule has 7 nitrogen and oxygen atoms in total. The number of benzene rings is 1. The molecule has 3 N–H and O–H groups in total. The van der Waals surface area contributed by atoms with Crippen LogP contribution in [0.25, 0.3) is 10.9 Å². The summed E-state index contributed by atoms with van der Waals surface area (Å²) in [7, 11) is 0. The van der Waals surface area contributed by atoms with Crippen molar-refractivity contribution in [1.82, 2.24) is 15.6 Å². The summed E-state index contributed by atoms with van der Waals surface area (Å²) in [6.45, 7) is -0.567. The number of imide groups is 1. The van der Waals surface area contributed by atoms with Crippen molar-refractivity contribution in [3.8, 4) is 0 Å². The number of urea groups is 1. The molecule has 1 aromatic heterocycles. The van der Waals surface area contributed by atoms with Crippen LogP contribution in [0.1, 0.15) is 36.2 Å². The molecule has 25 heavy (non-hydrogen) atoms. The Kier molecular flexibility index (Phi) is 5.23. The average Bonchev–Trinajstić information content (AvgIpc) is 3.21. The molecule has 1 saturated carbocycles. The number of nitrogens with one attached hydrogen (secondary N) is 3. The van der Waals surface area contributed by atoms with Gasteiger partial charge in [0, 0.05) is 16.9 Å². The average molecular weight is 364 g/mol. The van der Waals surface area contributed by atoms with Gasteiger partial charge in [0.2, 0.25) is 0 Å². The van der Waals surface area contributed by atoms with Gasteiger partial charge in [-0.2, -0.15) is 0 Å². The van der Waals surface area contributed by atoms with Gasteiger partial charge in [-0.1, -0.05) is 42.6 Å². The first kappa shape index (κ1) is 17.3. The molecule has 0 aliphatic heterocycles. The van der Waals surface area contributed by atoms with Gasteiger partial charge in [0.05, 0.1) is 5.02 Å². The molecule has 1 aromatic carbocycles. The van der Waals surface area contributed by atoms with E-state index in [0.29, 0.717) is 10.9 Å². The molecule has 1 heterocycles. The van der Waals surface area contributed by atoms with E-state index in [2.05, 4.69) is 15.6 Å². The number of carbonyl (C=O) groups excluding carboxylic acids is 3. The number of rotatable bonds is 4. The first-order chi connectivity index (χ1) is 12.0. The van der Waals surface area contributed by atoms with E-state index in [0.717, 1.165) is 25.7 Å². The van der Waals surface area contributed by atoms with Crippen molar-refractivity contribution < 1.29 is 19.1 Å². The predicted molar refractivity (Wildman–Crippen MR) is 92.5 cm³/mol. The van der Waals surface area contributed by atoms with E-state index in [4.69, 9.17) is 16.3 Å². The zero-order chi connectivity index (χ0) is 17.8. The van der Waals surface area contributed by atoms with Gasteiger partial charge in [0.15, 0.2) is 6.61 Å². The van der Waals surface area contributed by atoms with Crippen LogP contribution in [0.3, 0.4) is 0 Å². The normalized spacial score (nSPS) is 14.4. The third kappa shape index (κ3) is 4.11. The monoisotopic (exact) mass is 363 g/mol. The highest BCUT2D eigenvalue weighted by atomic mass is 35.5. The topological polar surface area (TPSA) is 100 Å². The second-order valence-corrected chi connectivity index (χ2v) is 6.32. The maximum absolute atomic E-state index is 12.1. The van der Waals surface area contributed by atoms with Gasteiger partial charge in [-0.25, -0.2) is 9.59 Å². The van der Waals surface area contributed by atoms with E-state index in [1.54, 1.807) is 24.3 Å². The second kappa shape index (κ2) is 7.57. The summed E-state index contributed by atoms with van der Waals surface area (Å²) in [6.07, 6.45) is 3.97. The molecule has 1 fully saturated rings. The Morgan fingerprint density at radius 3 is 2.64 bits per heavy atom. The van der Waals surface area contributed by atoms with Crippen molar-refractivity contribution in [1.29, 1.82) is 0 Å². The van der Waals surface area contributed by atoms with E-state index < -0.39 is 24.5 Å². The molecular formula is C17H18ClN3O4. The number of amides is 3. The Hall–Kier alpha value is -2.54. The van der Waals surface area contributed by atoms with Gasteiger partial charge in [0.25, 0.3) is 5.91 Å². The standard InChI is InChI=1S/C17H18ClN3O4/c18-14-11-7-3-4-8-12(11)20-15(14)16(23)25-9-13(22)21-17(24)19-10-5-1-2-6-10/h3-4,7-8,10,20H,1-2,5-6,9H2,(H2,19,21,22,24). The third-order valence-electron chi connectivity index (χ3n) is 4.12. The van der Waals surface area contributed by atoms with Crippen molar-refractivity contribution in [3.05, 3.63) is 35.0 Å². The van der Waals surface area contributed by atoms with E-state index >= 15 is 0 Å². The molecule has 1 aliphatic rings. The highest BCUT2D eigenvalue weighted by Crippen LogP contribution is 2.27. The Balaban J connectivity index is 1.51. The molecule has 3 amide bonds. The second-order valence-electron chi connectivity index (χ2n) is 5.94. The summed E-state index contributed by atoms with van der Waals surface area (Å²) in [5.41, 5.74) is 0.769. The molecule has 1 aliphatic carbocycles. The Morgan fingerprint density at radius 2 is 1.92 bits per heavy atom. The lowest BCUT2D eigenvalue weighted by Gasteiger charge is -2.12. The minimum Gasteiger partial charge on any atom is -0.451 e. The van der Waals surface area contributed by atoms with Crippen LogP contribution in [-0.4, -0.2) is 35.5 Å². The SMILES string of the molecule is O=C(COC(=O)c1[nH]c2ccccc2c1Cl)NC(=O)NC1CCCC1. The third-order valence-corrected chi connectivity index (χ3v) is 4.52. The molecule has 0 bridgehead atoms. The Bertz CT molecular complexity index is 811. The molecule has 0 unspecified atom stereocenters. The quantitative estimate of drug-likeness (QED) is 0.727. The highest BCUT2D eigenvalue weighted by molar-refractivity contribution is 6.38. The van der Waals surface area contributed by atoms with Crippen molar-refractivity contribution in [3.63, 3.8) is 0 Å². The highest BCUT2D eigenvalue weighted by Gasteiger charge is 2.21. The maximum atomic E-state index is 12.1. The first-order valence-corrected chi connectivity index (χ1v) is 8.46. The number of halogens is 1. The smallest absolute Gasteiger partial charge is 0.356 e. The number of H-pyrrole nitrogens is 1. The molecule has 0 radical (unpaired) electrons. The molecule has 132 valence electrons. The fraction of sp³-hybridized carbons (Fsp3) is 0.353. The number of hydrogen-bond acceptors (Lipinski definition) is 4. The molecule has 3 rings (SSSR count). The van der Waals surface area contributed by atoms with Crippen LogP contribution in [0.2, 0.25) is 5.02 Å². The zero-order valence-electron chi connectivity index (χ0n) is 13.4. The van der Waals surface area contributed by atoms with Gasteiger partial charge in [-0.15, -0.1) is 0 Å². The minimum atomic E-state index is -0.757. The largest absolute Gasteiger partial charge is 0.451 e. The Morgan fingerprint density at radius 1 is 1.20 bits per heavy atom. The summed E-state index contributed by atoms with van der Waals surface area (Å²) in [4.78, 5) is 38.4. The van der Waals surface area contributed by atoms with Crippen LogP contribution < -0.4 is 10.6 Å². The predicted octanol–water partition coefficient (Wildman–Crippen LogP) is 2.75. The van der Waals surface area contributed by atoms with Crippen molar-refractivity contribution >= 4 is 40.4 Å². The van der Waals surface area contributed by atoms with Gasteiger partial charge < -0.3 is 15.0 Å². The lowest BCUT2D eigenvalue weighted by molar-refractivity contribution is -0.123. The van der Waals surface area contributed by atoms with Gasteiger partial charge >= 0.3 is 12.0 Å². The summed E-state index contributed by atoms with van der Waals surface area (Å²) in [6, 6.07) is 6.68. The molecule has 0 atom stereocenters. The van der Waals surface area contributed by atoms with Gasteiger partial charge in [0.1, 0.15) is 5.69 Å². The van der Waals surface area contributed by atoms with Crippen LogP contribution in [0.15, 0.2) is 24.3 Å². The fourth-order valence-electron chi connectivity index (χ4n) is 2.91. The van der Waals surface area contributed by atoms with Crippen LogP contribution in [0.4, 0.5) is 4.79 Å². The number of ether oxygens (including phenoxy) is 1. The number of aromatic amines is 1. The number of aromatic nitrogens is 1. The van der Waals surface area contributed by atoms with Gasteiger partial charge in [-0.05, 0) is 18.9 Å². The van der Waals surface area contributed by atoms with E-state index in [9.17, 15) is 14.4 Å². The molecular weight excluding hydrogens is 346 g/mol. The van der Waals surface area contributed by atoms with Crippen LogP contribution >= 0.6 is 11.6 Å². The summed E-state index contributed by atoms with van der Waals surface area (Å²) >= 11 is 6.15. The van der Waals surface area contributed by atoms with E-state index in [1.165, 1.54) is 0 Å². The summed E-state index contributed by atoms with van der Waals surface area (Å²) in [5, 5.41) is 5.79. The van der Waals surface area contributed by atoms with E-state index in [-0.39, 0.29) is 16.8 Å². The van der Waals surface area contributed by atoms with Crippen molar-refractivity contribution in [2.75, 3.05) is 6.61 Å². The lowest BCUT2D eigenvalue weighted by Crippen LogP contribution is -2.45. The molecule has 8 heteroatoms. The van der Waals surface area contributed by atoms with E-state index in [1.807, 2.05) is 0 Å². The number of esters is 1. The molecule has 0 saturated heterocycles. The number of carbonyl (C=O) groups is 3. The first-order valence-electron chi connectivity index (χ1n) is 8.08. The number of para-hydroxylation sites is 1. The summed E-state index contributed by atoms with van der Waals surface area (Å²) < 4.78 is 4.92. The van der Waals surface area contributed by atoms with Crippen LogP contribution in [-0.2, 0) is 9.53 Å². The minimum absolute atomic E-state index is 0.0751. The van der Waals surface area contributed by atoms with Crippen LogP contribution in [0.5, 0.6) is 0 Å². The molecule has 2 aromatic rings. The zero-order valence-corrected chi connectivity index (χ0v) is 14.2. The summed E-state index contributed by atoms with van der Waals surface area (Å²) in [5.74, 6) is -1.45. The molecule has 0 spiro atoms. The maximum Gasteiger partial charge on any atom is 0.356 e. The number of hydrogen-bond donors (Lipinski definition) is 3. The number of fused-ring (bicyclic) bond motifs is 1. The van der Waals surface area contributed by atoms with Gasteiger partial charge in [-0.3, -0.25) is 10.1 Å². The van der Waals surface area contributed by atoms with Crippen molar-refractivity contribution in [2.45, 2.75) is 31.7 Å². The Labute approximate surface area is 149 Å². The fourth-order valence-corrected chi connectivity index (χ4v) is 3.20. The van der Waals surface area contributed by atoms with Crippen LogP contribution in [0, 0.1) is 0 Å². The lowest BCUT2D eigenvalue weighted by atomic mass is 10.2. The van der Waals surface area contributed by atoms with Crippen molar-refractivity contribution in [2.24, 2.45) is 0 Å².